The highest BCUT2D eigenvalue weighted by Gasteiger charge is 2.14. The van der Waals surface area contributed by atoms with E-state index >= 15 is 0 Å². The number of anilines is 2. The molecule has 0 aromatic heterocycles. The van der Waals surface area contributed by atoms with E-state index in [9.17, 15) is 13.6 Å². The Morgan fingerprint density at radius 3 is 2.62 bits per heavy atom. The Kier molecular flexibility index (Phi) is 4.37. The molecule has 2 aromatic rings. The van der Waals surface area contributed by atoms with Gasteiger partial charge < -0.3 is 15.8 Å². The van der Waals surface area contributed by atoms with E-state index < -0.39 is 12.5 Å². The van der Waals surface area contributed by atoms with Crippen molar-refractivity contribution in [2.45, 2.75) is 13.5 Å². The van der Waals surface area contributed by atoms with Gasteiger partial charge >= 0.3 is 6.61 Å². The third-order valence-electron chi connectivity index (χ3n) is 2.80. The van der Waals surface area contributed by atoms with Gasteiger partial charge in [-0.1, -0.05) is 18.2 Å². The van der Waals surface area contributed by atoms with Crippen molar-refractivity contribution in [1.82, 2.24) is 0 Å². The van der Waals surface area contributed by atoms with Crippen molar-refractivity contribution in [2.24, 2.45) is 0 Å². The normalized spacial score (nSPS) is 10.5. The summed E-state index contributed by atoms with van der Waals surface area (Å²) in [5.74, 6) is -0.593. The predicted molar refractivity (Wildman–Crippen MR) is 76.6 cm³/mol. The SMILES string of the molecule is Cc1ccc(C(=O)Nc2ccccc2OC(F)F)c(N)c1. The second-order valence-electron chi connectivity index (χ2n) is 4.42. The third kappa shape index (κ3) is 3.68. The molecule has 0 aliphatic heterocycles. The second-order valence-corrected chi connectivity index (χ2v) is 4.42. The topological polar surface area (TPSA) is 64.3 Å². The number of carbonyl (C=O) groups is 1. The number of nitrogen functional groups attached to an aromatic ring is 1. The quantitative estimate of drug-likeness (QED) is 0.848. The summed E-state index contributed by atoms with van der Waals surface area (Å²) in [5, 5.41) is 2.52. The number of carbonyl (C=O) groups excluding carboxylic acids is 1. The molecule has 2 rings (SSSR count). The van der Waals surface area contributed by atoms with Crippen molar-refractivity contribution >= 4 is 17.3 Å². The van der Waals surface area contributed by atoms with Gasteiger partial charge in [-0.2, -0.15) is 8.78 Å². The van der Waals surface area contributed by atoms with Crippen LogP contribution in [-0.4, -0.2) is 12.5 Å². The minimum Gasteiger partial charge on any atom is -0.433 e. The number of hydrogen-bond acceptors (Lipinski definition) is 3. The van der Waals surface area contributed by atoms with E-state index in [-0.39, 0.29) is 17.0 Å². The lowest BCUT2D eigenvalue weighted by molar-refractivity contribution is -0.0493. The Balaban J connectivity index is 2.23. The summed E-state index contributed by atoms with van der Waals surface area (Å²) in [6.07, 6.45) is 0. The predicted octanol–water partition coefficient (Wildman–Crippen LogP) is 3.43. The fourth-order valence-electron chi connectivity index (χ4n) is 1.85. The van der Waals surface area contributed by atoms with E-state index in [0.717, 1.165) is 5.56 Å². The fourth-order valence-corrected chi connectivity index (χ4v) is 1.85. The largest absolute Gasteiger partial charge is 0.433 e. The standard InChI is InChI=1S/C15H14F2N2O2/c1-9-6-7-10(11(18)8-9)14(20)19-12-4-2-3-5-13(12)21-15(16)17/h2-8,15H,18H2,1H3,(H,19,20). The van der Waals surface area contributed by atoms with Gasteiger partial charge in [0.05, 0.1) is 11.3 Å². The maximum atomic E-state index is 12.3. The first kappa shape index (κ1) is 14.8. The van der Waals surface area contributed by atoms with Crippen molar-refractivity contribution in [3.8, 4) is 5.75 Å². The summed E-state index contributed by atoms with van der Waals surface area (Å²) in [5.41, 5.74) is 7.45. The van der Waals surface area contributed by atoms with Gasteiger partial charge in [0.2, 0.25) is 0 Å². The van der Waals surface area contributed by atoms with Crippen LogP contribution < -0.4 is 15.8 Å². The summed E-state index contributed by atoms with van der Waals surface area (Å²) in [6, 6.07) is 10.9. The van der Waals surface area contributed by atoms with E-state index in [2.05, 4.69) is 10.1 Å². The van der Waals surface area contributed by atoms with Crippen LogP contribution in [0.3, 0.4) is 0 Å². The van der Waals surface area contributed by atoms with Crippen molar-refractivity contribution in [1.29, 1.82) is 0 Å². The molecular weight excluding hydrogens is 278 g/mol. The fraction of sp³-hybridized carbons (Fsp3) is 0.133. The Hall–Kier alpha value is -2.63. The van der Waals surface area contributed by atoms with Gasteiger partial charge in [0.25, 0.3) is 5.91 Å². The molecule has 21 heavy (non-hydrogen) atoms. The van der Waals surface area contributed by atoms with E-state index in [1.807, 2.05) is 6.92 Å². The number of amides is 1. The van der Waals surface area contributed by atoms with Crippen LogP contribution >= 0.6 is 0 Å². The molecule has 6 heteroatoms. The van der Waals surface area contributed by atoms with Gasteiger partial charge in [-0.25, -0.2) is 0 Å². The summed E-state index contributed by atoms with van der Waals surface area (Å²) < 4.78 is 29.0. The molecule has 0 heterocycles. The minimum absolute atomic E-state index is 0.105. The average molecular weight is 292 g/mol. The van der Waals surface area contributed by atoms with Crippen LogP contribution in [0.4, 0.5) is 20.2 Å². The lowest BCUT2D eigenvalue weighted by Crippen LogP contribution is -2.15. The number of alkyl halides is 2. The van der Waals surface area contributed by atoms with Crippen LogP contribution in [0.15, 0.2) is 42.5 Å². The number of halogens is 2. The van der Waals surface area contributed by atoms with Crippen LogP contribution in [0.25, 0.3) is 0 Å². The van der Waals surface area contributed by atoms with Gasteiger partial charge in [-0.15, -0.1) is 0 Å². The van der Waals surface area contributed by atoms with Crippen molar-refractivity contribution < 1.29 is 18.3 Å². The molecule has 110 valence electrons. The number of rotatable bonds is 4. The smallest absolute Gasteiger partial charge is 0.387 e. The van der Waals surface area contributed by atoms with Gasteiger partial charge in [-0.05, 0) is 36.8 Å². The summed E-state index contributed by atoms with van der Waals surface area (Å²) >= 11 is 0. The Morgan fingerprint density at radius 2 is 1.95 bits per heavy atom. The van der Waals surface area contributed by atoms with E-state index in [4.69, 9.17) is 5.73 Å². The molecule has 1 amide bonds. The van der Waals surface area contributed by atoms with Gasteiger partial charge in [-0.3, -0.25) is 4.79 Å². The Bertz CT molecular complexity index is 660. The zero-order chi connectivity index (χ0) is 15.4. The van der Waals surface area contributed by atoms with Crippen LogP contribution in [0.1, 0.15) is 15.9 Å². The molecule has 0 aliphatic carbocycles. The number of benzene rings is 2. The summed E-state index contributed by atoms with van der Waals surface area (Å²) in [6.45, 7) is -1.11. The second kappa shape index (κ2) is 6.21. The Labute approximate surface area is 120 Å². The van der Waals surface area contributed by atoms with Crippen LogP contribution in [0, 0.1) is 6.92 Å². The molecule has 0 spiro atoms. The molecule has 0 bridgehead atoms. The lowest BCUT2D eigenvalue weighted by Gasteiger charge is -2.12. The molecular formula is C15H14F2N2O2. The molecule has 0 atom stereocenters. The van der Waals surface area contributed by atoms with Crippen LogP contribution in [0.5, 0.6) is 5.75 Å². The maximum absolute atomic E-state index is 12.3. The molecule has 0 saturated carbocycles. The first-order chi connectivity index (χ1) is 9.97. The molecule has 3 N–H and O–H groups in total. The van der Waals surface area contributed by atoms with Crippen molar-refractivity contribution in [3.05, 3.63) is 53.6 Å². The molecule has 0 radical (unpaired) electrons. The average Bonchev–Trinajstić information content (AvgIpc) is 2.40. The molecule has 0 fully saturated rings. The zero-order valence-corrected chi connectivity index (χ0v) is 11.3. The van der Waals surface area contributed by atoms with Gasteiger partial charge in [0.15, 0.2) is 0 Å². The first-order valence-electron chi connectivity index (χ1n) is 6.18. The van der Waals surface area contributed by atoms with Gasteiger partial charge in [0, 0.05) is 5.69 Å². The van der Waals surface area contributed by atoms with Crippen LogP contribution in [-0.2, 0) is 0 Å². The van der Waals surface area contributed by atoms with Crippen LogP contribution in [0.2, 0.25) is 0 Å². The molecule has 0 unspecified atom stereocenters. The summed E-state index contributed by atoms with van der Waals surface area (Å²) in [7, 11) is 0. The number of aryl methyl sites for hydroxylation is 1. The number of para-hydroxylation sites is 2. The van der Waals surface area contributed by atoms with Crippen molar-refractivity contribution in [3.63, 3.8) is 0 Å². The van der Waals surface area contributed by atoms with E-state index in [0.29, 0.717) is 5.69 Å². The number of hydrogen-bond donors (Lipinski definition) is 2. The highest BCUT2D eigenvalue weighted by molar-refractivity contribution is 6.08. The highest BCUT2D eigenvalue weighted by atomic mass is 19.3. The minimum atomic E-state index is -2.97. The van der Waals surface area contributed by atoms with E-state index in [1.54, 1.807) is 24.3 Å². The Morgan fingerprint density at radius 1 is 1.24 bits per heavy atom. The zero-order valence-electron chi connectivity index (χ0n) is 11.3. The molecule has 0 aliphatic rings. The maximum Gasteiger partial charge on any atom is 0.387 e. The molecule has 4 nitrogen and oxygen atoms in total. The monoisotopic (exact) mass is 292 g/mol. The van der Waals surface area contributed by atoms with E-state index in [1.165, 1.54) is 18.2 Å². The molecule has 0 saturated heterocycles. The molecule has 2 aromatic carbocycles. The summed E-state index contributed by atoms with van der Waals surface area (Å²) in [4.78, 5) is 12.2. The number of nitrogens with one attached hydrogen (secondary N) is 1. The number of ether oxygens (including phenoxy) is 1. The first-order valence-corrected chi connectivity index (χ1v) is 6.18. The van der Waals surface area contributed by atoms with Gasteiger partial charge in [0.1, 0.15) is 5.75 Å². The third-order valence-corrected chi connectivity index (χ3v) is 2.80. The van der Waals surface area contributed by atoms with Crippen molar-refractivity contribution in [2.75, 3.05) is 11.1 Å². The lowest BCUT2D eigenvalue weighted by atomic mass is 10.1. The number of nitrogens with two attached hydrogens (primary N) is 1. The highest BCUT2D eigenvalue weighted by Crippen LogP contribution is 2.26.